The van der Waals surface area contributed by atoms with E-state index in [1.807, 2.05) is 30.3 Å². The number of nitrogens with zero attached hydrogens (tertiary/aromatic N) is 3. The number of hydrazone groups is 1. The minimum absolute atomic E-state index is 0.114. The first-order chi connectivity index (χ1) is 16.0. The number of aromatic nitrogens is 1. The van der Waals surface area contributed by atoms with Gasteiger partial charge in [0.2, 0.25) is 0 Å². The summed E-state index contributed by atoms with van der Waals surface area (Å²) in [6.45, 7) is 0. The van der Waals surface area contributed by atoms with Crippen molar-refractivity contribution < 1.29 is 19.2 Å². The third kappa shape index (κ3) is 4.93. The molecule has 0 amide bonds. The lowest BCUT2D eigenvalue weighted by Crippen LogP contribution is -2.10. The second-order valence-corrected chi connectivity index (χ2v) is 6.86. The number of benzene rings is 3. The molecule has 0 aliphatic carbocycles. The fraction of sp³-hybridized carbons (Fsp3) is 0.0417. The van der Waals surface area contributed by atoms with Crippen LogP contribution in [-0.2, 0) is 0 Å². The molecule has 0 atom stereocenters. The highest BCUT2D eigenvalue weighted by Crippen LogP contribution is 2.29. The van der Waals surface area contributed by atoms with Crippen LogP contribution in [0.4, 0.5) is 11.5 Å². The van der Waals surface area contributed by atoms with Gasteiger partial charge in [0, 0.05) is 6.07 Å². The molecule has 164 valence electrons. The van der Waals surface area contributed by atoms with E-state index in [4.69, 9.17) is 9.47 Å². The van der Waals surface area contributed by atoms with E-state index >= 15 is 0 Å². The molecule has 33 heavy (non-hydrogen) atoms. The highest BCUT2D eigenvalue weighted by molar-refractivity contribution is 6.05. The molecule has 4 aromatic rings. The standard InChI is InChI=1S/C24H18N4O5/c1-32-21-11-9-16(14-26-27-23-12-10-18(15-25-23)28(30)31)13-22(21)33-24(29)20-8-4-6-17-5-2-3-7-19(17)20/h2-15H,1H3,(H,25,27)/b26-14-. The summed E-state index contributed by atoms with van der Waals surface area (Å²) >= 11 is 0. The molecule has 0 radical (unpaired) electrons. The maximum atomic E-state index is 12.9. The third-order valence-electron chi connectivity index (χ3n) is 4.75. The van der Waals surface area contributed by atoms with Gasteiger partial charge in [-0.15, -0.1) is 0 Å². The zero-order valence-corrected chi connectivity index (χ0v) is 17.5. The summed E-state index contributed by atoms with van der Waals surface area (Å²) in [6, 6.07) is 20.8. The summed E-state index contributed by atoms with van der Waals surface area (Å²) in [5, 5.41) is 16.5. The number of esters is 1. The van der Waals surface area contributed by atoms with E-state index in [9.17, 15) is 14.9 Å². The Morgan fingerprint density at radius 3 is 2.64 bits per heavy atom. The summed E-state index contributed by atoms with van der Waals surface area (Å²) in [7, 11) is 1.49. The molecule has 4 rings (SSSR count). The molecular weight excluding hydrogens is 424 g/mol. The maximum Gasteiger partial charge on any atom is 0.344 e. The van der Waals surface area contributed by atoms with Crippen LogP contribution >= 0.6 is 0 Å². The molecule has 0 saturated carbocycles. The van der Waals surface area contributed by atoms with Crippen LogP contribution in [0.2, 0.25) is 0 Å². The smallest absolute Gasteiger partial charge is 0.344 e. The van der Waals surface area contributed by atoms with Gasteiger partial charge in [-0.25, -0.2) is 9.78 Å². The van der Waals surface area contributed by atoms with Crippen LogP contribution in [0, 0.1) is 10.1 Å². The van der Waals surface area contributed by atoms with Gasteiger partial charge in [0.05, 0.1) is 23.8 Å². The van der Waals surface area contributed by atoms with Crippen LogP contribution < -0.4 is 14.9 Å². The highest BCUT2D eigenvalue weighted by Gasteiger charge is 2.15. The Morgan fingerprint density at radius 2 is 1.88 bits per heavy atom. The van der Waals surface area contributed by atoms with Gasteiger partial charge in [-0.05, 0) is 46.7 Å². The van der Waals surface area contributed by atoms with Crippen molar-refractivity contribution in [3.05, 3.63) is 100 Å². The van der Waals surface area contributed by atoms with E-state index in [-0.39, 0.29) is 11.4 Å². The van der Waals surface area contributed by atoms with Crippen molar-refractivity contribution in [3.8, 4) is 11.5 Å². The second-order valence-electron chi connectivity index (χ2n) is 6.86. The number of carbonyl (C=O) groups excluding carboxylic acids is 1. The Bertz CT molecular complexity index is 1350. The number of rotatable bonds is 7. The summed E-state index contributed by atoms with van der Waals surface area (Å²) in [6.07, 6.45) is 2.63. The van der Waals surface area contributed by atoms with E-state index in [0.29, 0.717) is 22.7 Å². The molecule has 0 saturated heterocycles. The van der Waals surface area contributed by atoms with E-state index < -0.39 is 10.9 Å². The normalized spacial score (nSPS) is 10.8. The Balaban J connectivity index is 1.52. The van der Waals surface area contributed by atoms with Crippen LogP contribution in [0.25, 0.3) is 10.8 Å². The lowest BCUT2D eigenvalue weighted by Gasteiger charge is -2.11. The van der Waals surface area contributed by atoms with E-state index in [1.165, 1.54) is 25.5 Å². The predicted molar refractivity (Wildman–Crippen MR) is 124 cm³/mol. The van der Waals surface area contributed by atoms with Crippen molar-refractivity contribution in [2.75, 3.05) is 12.5 Å². The molecule has 0 spiro atoms. The van der Waals surface area contributed by atoms with Crippen molar-refractivity contribution in [2.24, 2.45) is 5.10 Å². The van der Waals surface area contributed by atoms with Gasteiger partial charge in [0.25, 0.3) is 5.69 Å². The van der Waals surface area contributed by atoms with Crippen molar-refractivity contribution in [1.29, 1.82) is 0 Å². The number of anilines is 1. The van der Waals surface area contributed by atoms with Gasteiger partial charge in [-0.3, -0.25) is 15.5 Å². The summed E-state index contributed by atoms with van der Waals surface area (Å²) in [5.41, 5.74) is 3.65. The van der Waals surface area contributed by atoms with Gasteiger partial charge >= 0.3 is 5.97 Å². The molecule has 1 N–H and O–H groups in total. The minimum atomic E-state index is -0.529. The Morgan fingerprint density at radius 1 is 1.06 bits per heavy atom. The number of hydrogen-bond donors (Lipinski definition) is 1. The number of hydrogen-bond acceptors (Lipinski definition) is 8. The predicted octanol–water partition coefficient (Wildman–Crippen LogP) is 4.82. The molecule has 0 unspecified atom stereocenters. The zero-order chi connectivity index (χ0) is 23.2. The third-order valence-corrected chi connectivity index (χ3v) is 4.75. The fourth-order valence-electron chi connectivity index (χ4n) is 3.14. The largest absolute Gasteiger partial charge is 0.493 e. The van der Waals surface area contributed by atoms with Crippen LogP contribution in [-0.4, -0.2) is 29.2 Å². The summed E-state index contributed by atoms with van der Waals surface area (Å²) in [4.78, 5) is 27.0. The molecule has 3 aromatic carbocycles. The number of nitrogens with one attached hydrogen (secondary N) is 1. The Labute approximate surface area is 188 Å². The average Bonchev–Trinajstić information content (AvgIpc) is 2.84. The van der Waals surface area contributed by atoms with Crippen LogP contribution in [0.1, 0.15) is 15.9 Å². The van der Waals surface area contributed by atoms with Crippen LogP contribution in [0.15, 0.2) is 84.1 Å². The van der Waals surface area contributed by atoms with Crippen LogP contribution in [0.5, 0.6) is 11.5 Å². The Hall–Kier alpha value is -4.79. The van der Waals surface area contributed by atoms with Gasteiger partial charge in [-0.2, -0.15) is 5.10 Å². The van der Waals surface area contributed by atoms with Gasteiger partial charge in [0.1, 0.15) is 12.0 Å². The Kier molecular flexibility index (Phi) is 6.21. The summed E-state index contributed by atoms with van der Waals surface area (Å²) < 4.78 is 11.0. The van der Waals surface area contributed by atoms with E-state index in [1.54, 1.807) is 30.3 Å². The van der Waals surface area contributed by atoms with Crippen molar-refractivity contribution in [1.82, 2.24) is 4.98 Å². The first-order valence-corrected chi connectivity index (χ1v) is 9.82. The SMILES string of the molecule is COc1ccc(/C=N\Nc2ccc([N+](=O)[O-])cn2)cc1OC(=O)c1cccc2ccccc12. The molecule has 0 fully saturated rings. The van der Waals surface area contributed by atoms with Crippen molar-refractivity contribution >= 4 is 34.5 Å². The molecule has 9 nitrogen and oxygen atoms in total. The molecule has 1 aromatic heterocycles. The molecule has 0 aliphatic rings. The lowest BCUT2D eigenvalue weighted by atomic mass is 10.0. The fourth-order valence-corrected chi connectivity index (χ4v) is 3.14. The number of pyridine rings is 1. The number of methoxy groups -OCH3 is 1. The maximum absolute atomic E-state index is 12.9. The van der Waals surface area contributed by atoms with Gasteiger partial charge < -0.3 is 9.47 Å². The minimum Gasteiger partial charge on any atom is -0.493 e. The zero-order valence-electron chi connectivity index (χ0n) is 17.5. The van der Waals surface area contributed by atoms with Gasteiger partial charge in [0.15, 0.2) is 11.5 Å². The molecule has 1 heterocycles. The van der Waals surface area contributed by atoms with Crippen molar-refractivity contribution in [2.45, 2.75) is 0 Å². The number of nitro groups is 1. The van der Waals surface area contributed by atoms with Gasteiger partial charge in [-0.1, -0.05) is 36.4 Å². The molecule has 0 bridgehead atoms. The number of fused-ring (bicyclic) bond motifs is 1. The first kappa shape index (κ1) is 21.4. The topological polar surface area (TPSA) is 116 Å². The highest BCUT2D eigenvalue weighted by atomic mass is 16.6. The molecule has 9 heteroatoms. The monoisotopic (exact) mass is 442 g/mol. The lowest BCUT2D eigenvalue weighted by molar-refractivity contribution is -0.385. The van der Waals surface area contributed by atoms with Crippen molar-refractivity contribution in [3.63, 3.8) is 0 Å². The average molecular weight is 442 g/mol. The van der Waals surface area contributed by atoms with E-state index in [2.05, 4.69) is 15.5 Å². The summed E-state index contributed by atoms with van der Waals surface area (Å²) in [5.74, 6) is 0.471. The second kappa shape index (κ2) is 9.56. The number of carbonyl (C=O) groups is 1. The molecule has 0 aliphatic heterocycles. The first-order valence-electron chi connectivity index (χ1n) is 9.82. The molecular formula is C24H18N4O5. The number of ether oxygens (including phenoxy) is 2. The quantitative estimate of drug-likeness (QED) is 0.143. The van der Waals surface area contributed by atoms with Crippen LogP contribution in [0.3, 0.4) is 0 Å². The van der Waals surface area contributed by atoms with E-state index in [0.717, 1.165) is 17.0 Å².